The summed E-state index contributed by atoms with van der Waals surface area (Å²) in [4.78, 5) is 14.6. The molecule has 2 rings (SSSR count). The number of aliphatic hydroxyl groups excluding tert-OH is 1. The summed E-state index contributed by atoms with van der Waals surface area (Å²) >= 11 is 0. The molecule has 0 aliphatic carbocycles. The Kier molecular flexibility index (Phi) is 6.40. The topological polar surface area (TPSA) is 52.6 Å². The van der Waals surface area contributed by atoms with Crippen molar-refractivity contribution < 1.29 is 9.90 Å². The lowest BCUT2D eigenvalue weighted by Crippen LogP contribution is -2.37. The van der Waals surface area contributed by atoms with Gasteiger partial charge in [-0.05, 0) is 49.8 Å². The third kappa shape index (κ3) is 4.55. The summed E-state index contributed by atoms with van der Waals surface area (Å²) < 4.78 is 0. The van der Waals surface area contributed by atoms with Crippen molar-refractivity contribution in [2.75, 3.05) is 25.0 Å². The molecule has 2 N–H and O–H groups in total. The maximum Gasteiger partial charge on any atom is 0.238 e. The summed E-state index contributed by atoms with van der Waals surface area (Å²) in [5, 5.41) is 12.0. The van der Waals surface area contributed by atoms with E-state index in [1.807, 2.05) is 18.2 Å². The number of nitrogens with zero attached hydrogens (tertiary/aromatic N) is 1. The van der Waals surface area contributed by atoms with Gasteiger partial charge in [-0.2, -0.15) is 0 Å². The van der Waals surface area contributed by atoms with Crippen LogP contribution in [0.2, 0.25) is 0 Å². The van der Waals surface area contributed by atoms with Gasteiger partial charge in [-0.1, -0.05) is 32.0 Å². The molecule has 4 nitrogen and oxygen atoms in total. The Morgan fingerprint density at radius 1 is 1.41 bits per heavy atom. The monoisotopic (exact) mass is 304 g/mol. The Balaban J connectivity index is 1.93. The fourth-order valence-electron chi connectivity index (χ4n) is 3.25. The highest BCUT2D eigenvalue weighted by Gasteiger charge is 2.25. The molecule has 1 aliphatic rings. The number of aliphatic hydroxyl groups is 1. The molecule has 1 unspecified atom stereocenters. The number of carbonyl (C=O) groups excluding carboxylic acids is 1. The third-order valence-corrected chi connectivity index (χ3v) is 4.40. The Bertz CT molecular complexity index is 488. The second-order valence-electron chi connectivity index (χ2n) is 6.42. The van der Waals surface area contributed by atoms with E-state index in [1.165, 1.54) is 5.56 Å². The van der Waals surface area contributed by atoms with Crippen LogP contribution in [0.4, 0.5) is 5.69 Å². The van der Waals surface area contributed by atoms with Crippen LogP contribution in [0.3, 0.4) is 0 Å². The minimum Gasteiger partial charge on any atom is -0.396 e. The maximum absolute atomic E-state index is 12.4. The SMILES string of the molecule is CC(C)c1ccccc1NC(=O)CN1CCCC1CCCO. The Morgan fingerprint density at radius 3 is 2.91 bits per heavy atom. The van der Waals surface area contributed by atoms with Crippen LogP contribution in [-0.4, -0.2) is 41.7 Å². The molecule has 122 valence electrons. The van der Waals surface area contributed by atoms with Crippen molar-refractivity contribution in [2.24, 2.45) is 0 Å². The molecule has 1 amide bonds. The van der Waals surface area contributed by atoms with E-state index >= 15 is 0 Å². The summed E-state index contributed by atoms with van der Waals surface area (Å²) in [5.41, 5.74) is 2.10. The van der Waals surface area contributed by atoms with Crippen LogP contribution in [0, 0.1) is 0 Å². The normalized spacial score (nSPS) is 18.8. The number of para-hydroxylation sites is 1. The molecule has 1 aliphatic heterocycles. The first-order chi connectivity index (χ1) is 10.6. The van der Waals surface area contributed by atoms with Gasteiger partial charge in [0.2, 0.25) is 5.91 Å². The molecule has 0 bridgehead atoms. The predicted molar refractivity (Wildman–Crippen MR) is 90.1 cm³/mol. The van der Waals surface area contributed by atoms with Crippen LogP contribution in [0.25, 0.3) is 0 Å². The lowest BCUT2D eigenvalue weighted by molar-refractivity contribution is -0.117. The number of rotatable bonds is 7. The van der Waals surface area contributed by atoms with Gasteiger partial charge >= 0.3 is 0 Å². The van der Waals surface area contributed by atoms with Gasteiger partial charge in [-0.15, -0.1) is 0 Å². The number of likely N-dealkylation sites (tertiary alicyclic amines) is 1. The second kappa shape index (κ2) is 8.30. The summed E-state index contributed by atoms with van der Waals surface area (Å²) in [7, 11) is 0. The zero-order valence-electron chi connectivity index (χ0n) is 13.7. The lowest BCUT2D eigenvalue weighted by atomic mass is 10.0. The largest absolute Gasteiger partial charge is 0.396 e. The quantitative estimate of drug-likeness (QED) is 0.814. The van der Waals surface area contributed by atoms with Gasteiger partial charge in [0, 0.05) is 18.3 Å². The summed E-state index contributed by atoms with van der Waals surface area (Å²) in [6.07, 6.45) is 4.08. The molecule has 1 heterocycles. The molecular weight excluding hydrogens is 276 g/mol. The van der Waals surface area contributed by atoms with Gasteiger partial charge in [0.15, 0.2) is 0 Å². The van der Waals surface area contributed by atoms with Crippen molar-refractivity contribution in [1.82, 2.24) is 4.90 Å². The third-order valence-electron chi connectivity index (χ3n) is 4.40. The van der Waals surface area contributed by atoms with Gasteiger partial charge in [-0.25, -0.2) is 0 Å². The standard InChI is InChI=1S/C18H28N2O2/c1-14(2)16-9-3-4-10-17(16)19-18(22)13-20-11-5-7-15(20)8-6-12-21/h3-4,9-10,14-15,21H,5-8,11-13H2,1-2H3,(H,19,22). The van der Waals surface area contributed by atoms with E-state index in [4.69, 9.17) is 5.11 Å². The molecule has 1 aromatic rings. The van der Waals surface area contributed by atoms with Crippen molar-refractivity contribution >= 4 is 11.6 Å². The maximum atomic E-state index is 12.4. The van der Waals surface area contributed by atoms with Crippen molar-refractivity contribution in [3.05, 3.63) is 29.8 Å². The predicted octanol–water partition coefficient (Wildman–Crippen LogP) is 2.99. The van der Waals surface area contributed by atoms with Crippen LogP contribution in [-0.2, 0) is 4.79 Å². The Labute approximate surface area is 133 Å². The molecule has 4 heteroatoms. The van der Waals surface area contributed by atoms with Crippen LogP contribution in [0.1, 0.15) is 51.0 Å². The number of hydrogen-bond donors (Lipinski definition) is 2. The molecule has 0 aromatic heterocycles. The van der Waals surface area contributed by atoms with Crippen molar-refractivity contribution in [3.63, 3.8) is 0 Å². The highest BCUT2D eigenvalue weighted by Crippen LogP contribution is 2.24. The van der Waals surface area contributed by atoms with Crippen LogP contribution < -0.4 is 5.32 Å². The molecule has 0 radical (unpaired) electrons. The highest BCUT2D eigenvalue weighted by atomic mass is 16.3. The van der Waals surface area contributed by atoms with Gasteiger partial charge < -0.3 is 10.4 Å². The Morgan fingerprint density at radius 2 is 2.18 bits per heavy atom. The van der Waals surface area contributed by atoms with E-state index in [-0.39, 0.29) is 12.5 Å². The zero-order valence-corrected chi connectivity index (χ0v) is 13.7. The van der Waals surface area contributed by atoms with Crippen LogP contribution >= 0.6 is 0 Å². The fourth-order valence-corrected chi connectivity index (χ4v) is 3.25. The average molecular weight is 304 g/mol. The fraction of sp³-hybridized carbons (Fsp3) is 0.611. The first kappa shape index (κ1) is 17.0. The smallest absolute Gasteiger partial charge is 0.238 e. The van der Waals surface area contributed by atoms with E-state index in [2.05, 4.69) is 30.1 Å². The van der Waals surface area contributed by atoms with E-state index in [9.17, 15) is 4.79 Å². The van der Waals surface area contributed by atoms with Crippen LogP contribution in [0.15, 0.2) is 24.3 Å². The summed E-state index contributed by atoms with van der Waals surface area (Å²) in [6.45, 7) is 5.93. The first-order valence-corrected chi connectivity index (χ1v) is 8.35. The van der Waals surface area contributed by atoms with E-state index < -0.39 is 0 Å². The van der Waals surface area contributed by atoms with Gasteiger partial charge in [0.05, 0.1) is 6.54 Å². The average Bonchev–Trinajstić information content (AvgIpc) is 2.92. The van der Waals surface area contributed by atoms with E-state index in [1.54, 1.807) is 0 Å². The minimum atomic E-state index is 0.0593. The van der Waals surface area contributed by atoms with Crippen molar-refractivity contribution in [1.29, 1.82) is 0 Å². The molecule has 1 atom stereocenters. The number of hydrogen-bond acceptors (Lipinski definition) is 3. The van der Waals surface area contributed by atoms with Gasteiger partial charge in [0.1, 0.15) is 0 Å². The van der Waals surface area contributed by atoms with Gasteiger partial charge in [0.25, 0.3) is 0 Å². The molecule has 1 aromatic carbocycles. The highest BCUT2D eigenvalue weighted by molar-refractivity contribution is 5.93. The van der Waals surface area contributed by atoms with Gasteiger partial charge in [-0.3, -0.25) is 9.69 Å². The van der Waals surface area contributed by atoms with Crippen molar-refractivity contribution in [2.45, 2.75) is 51.5 Å². The summed E-state index contributed by atoms with van der Waals surface area (Å²) in [6, 6.07) is 8.46. The van der Waals surface area contributed by atoms with E-state index in [0.717, 1.165) is 37.9 Å². The first-order valence-electron chi connectivity index (χ1n) is 8.35. The minimum absolute atomic E-state index is 0.0593. The number of amides is 1. The number of benzene rings is 1. The summed E-state index contributed by atoms with van der Waals surface area (Å²) in [5.74, 6) is 0.449. The van der Waals surface area contributed by atoms with Crippen LogP contribution in [0.5, 0.6) is 0 Å². The zero-order chi connectivity index (χ0) is 15.9. The molecule has 0 saturated carbocycles. The number of carbonyl (C=O) groups is 1. The van der Waals surface area contributed by atoms with E-state index in [0.29, 0.717) is 18.5 Å². The lowest BCUT2D eigenvalue weighted by Gasteiger charge is -2.24. The number of anilines is 1. The second-order valence-corrected chi connectivity index (χ2v) is 6.42. The van der Waals surface area contributed by atoms with Crippen molar-refractivity contribution in [3.8, 4) is 0 Å². The molecule has 1 fully saturated rings. The number of nitrogens with one attached hydrogen (secondary N) is 1. The Hall–Kier alpha value is -1.39. The molecule has 0 spiro atoms. The molecule has 1 saturated heterocycles. The molecular formula is C18H28N2O2. The molecule has 22 heavy (non-hydrogen) atoms.